The first-order chi connectivity index (χ1) is 9.43. The van der Waals surface area contributed by atoms with E-state index in [2.05, 4.69) is 5.32 Å². The number of anilines is 1. The minimum atomic E-state index is -0.967. The van der Waals surface area contributed by atoms with Gasteiger partial charge < -0.3 is 10.4 Å². The van der Waals surface area contributed by atoms with E-state index in [-0.39, 0.29) is 12.1 Å². The number of carboxylic acids is 1. The molecule has 2 rings (SSSR count). The van der Waals surface area contributed by atoms with Gasteiger partial charge >= 0.3 is 5.97 Å². The number of carboxylic acid groups (broad SMARTS) is 1. The molecule has 1 saturated carbocycles. The van der Waals surface area contributed by atoms with E-state index >= 15 is 0 Å². The van der Waals surface area contributed by atoms with Crippen molar-refractivity contribution in [1.82, 2.24) is 0 Å². The number of amides is 1. The topological polar surface area (TPSA) is 110 Å². The minimum Gasteiger partial charge on any atom is -0.481 e. The second kappa shape index (κ2) is 5.28. The fraction of sp³-hybridized carbons (Fsp3) is 0.385. The molecule has 1 aliphatic rings. The molecule has 7 nitrogen and oxygen atoms in total. The Kier molecular flexibility index (Phi) is 3.69. The van der Waals surface area contributed by atoms with E-state index in [1.54, 1.807) is 0 Å². The first kappa shape index (κ1) is 14.0. The lowest BCUT2D eigenvalue weighted by atomic mass is 9.66. The molecule has 0 atom stereocenters. The zero-order valence-electron chi connectivity index (χ0n) is 10.7. The lowest BCUT2D eigenvalue weighted by Crippen LogP contribution is -2.41. The third kappa shape index (κ3) is 2.76. The van der Waals surface area contributed by atoms with Crippen molar-refractivity contribution in [3.63, 3.8) is 0 Å². The molecule has 0 heterocycles. The van der Waals surface area contributed by atoms with Gasteiger partial charge in [0.15, 0.2) is 0 Å². The van der Waals surface area contributed by atoms with E-state index in [0.29, 0.717) is 18.5 Å². The van der Waals surface area contributed by atoms with E-state index in [0.717, 1.165) is 6.42 Å². The first-order valence-electron chi connectivity index (χ1n) is 6.21. The first-order valence-corrected chi connectivity index (χ1v) is 6.21. The molecular formula is C13H14N2O5. The monoisotopic (exact) mass is 278 g/mol. The van der Waals surface area contributed by atoms with Crippen LogP contribution in [-0.4, -0.2) is 21.9 Å². The average molecular weight is 278 g/mol. The summed E-state index contributed by atoms with van der Waals surface area (Å²) < 4.78 is 0. The second-order valence-electron chi connectivity index (χ2n) is 4.97. The van der Waals surface area contributed by atoms with E-state index in [1.165, 1.54) is 24.3 Å². The van der Waals surface area contributed by atoms with Gasteiger partial charge in [-0.1, -0.05) is 12.5 Å². The minimum absolute atomic E-state index is 0.106. The molecule has 0 aromatic heterocycles. The largest absolute Gasteiger partial charge is 0.481 e. The fourth-order valence-corrected chi connectivity index (χ4v) is 2.28. The zero-order chi connectivity index (χ0) is 14.8. The molecule has 106 valence electrons. The average Bonchev–Trinajstić information content (AvgIpc) is 2.33. The van der Waals surface area contributed by atoms with Crippen molar-refractivity contribution in [2.75, 3.05) is 5.32 Å². The molecule has 1 aromatic carbocycles. The van der Waals surface area contributed by atoms with E-state index in [9.17, 15) is 19.7 Å². The maximum atomic E-state index is 11.9. The molecule has 0 unspecified atom stereocenters. The summed E-state index contributed by atoms with van der Waals surface area (Å²) in [5.41, 5.74) is -0.798. The van der Waals surface area contributed by atoms with Crippen LogP contribution in [0.25, 0.3) is 0 Å². The molecule has 0 spiro atoms. The number of hydrogen-bond donors (Lipinski definition) is 2. The van der Waals surface area contributed by atoms with Gasteiger partial charge in [0.05, 0.1) is 10.3 Å². The molecule has 1 amide bonds. The zero-order valence-corrected chi connectivity index (χ0v) is 10.7. The number of nitrogens with one attached hydrogen (secondary N) is 1. The summed E-state index contributed by atoms with van der Waals surface area (Å²) in [6, 6.07) is 5.55. The molecule has 7 heteroatoms. The van der Waals surface area contributed by atoms with Gasteiger partial charge in [0, 0.05) is 24.2 Å². The van der Waals surface area contributed by atoms with E-state index in [4.69, 9.17) is 5.11 Å². The SMILES string of the molecule is O=C(CC1(C(=O)O)CCC1)Nc1cccc([N+](=O)[O-])c1. The number of nitro groups is 1. The van der Waals surface area contributed by atoms with Crippen LogP contribution in [0, 0.1) is 15.5 Å². The van der Waals surface area contributed by atoms with Crippen LogP contribution in [0.1, 0.15) is 25.7 Å². The molecule has 20 heavy (non-hydrogen) atoms. The number of carbonyl (C=O) groups excluding carboxylic acids is 1. The highest BCUT2D eigenvalue weighted by Gasteiger charge is 2.45. The van der Waals surface area contributed by atoms with Crippen LogP contribution >= 0.6 is 0 Å². The number of benzene rings is 1. The number of aliphatic carboxylic acids is 1. The normalized spacial score (nSPS) is 16.0. The van der Waals surface area contributed by atoms with Gasteiger partial charge in [-0.2, -0.15) is 0 Å². The highest BCUT2D eigenvalue weighted by atomic mass is 16.6. The Balaban J connectivity index is 2.03. The second-order valence-corrected chi connectivity index (χ2v) is 4.97. The maximum absolute atomic E-state index is 11.9. The predicted octanol–water partition coefficient (Wildman–Crippen LogP) is 2.18. The van der Waals surface area contributed by atoms with Gasteiger partial charge in [0.1, 0.15) is 0 Å². The Hall–Kier alpha value is -2.44. The molecule has 0 saturated heterocycles. The van der Waals surface area contributed by atoms with Crippen molar-refractivity contribution in [1.29, 1.82) is 0 Å². The summed E-state index contributed by atoms with van der Waals surface area (Å²) in [5, 5.41) is 22.3. The molecule has 1 fully saturated rings. The lowest BCUT2D eigenvalue weighted by Gasteiger charge is -2.36. The molecular weight excluding hydrogens is 264 g/mol. The summed E-state index contributed by atoms with van der Waals surface area (Å²) in [7, 11) is 0. The fourth-order valence-electron chi connectivity index (χ4n) is 2.28. The number of hydrogen-bond acceptors (Lipinski definition) is 4. The number of carbonyl (C=O) groups is 2. The predicted molar refractivity (Wildman–Crippen MR) is 70.3 cm³/mol. The smallest absolute Gasteiger partial charge is 0.310 e. The van der Waals surface area contributed by atoms with Gasteiger partial charge in [0.2, 0.25) is 5.91 Å². The van der Waals surface area contributed by atoms with Crippen molar-refractivity contribution in [2.45, 2.75) is 25.7 Å². The summed E-state index contributed by atoms with van der Waals surface area (Å²) >= 11 is 0. The molecule has 1 aromatic rings. The third-order valence-electron chi connectivity index (χ3n) is 3.60. The van der Waals surface area contributed by atoms with Gasteiger partial charge in [-0.15, -0.1) is 0 Å². The lowest BCUT2D eigenvalue weighted by molar-refractivity contribution is -0.384. The standard InChI is InChI=1S/C13H14N2O5/c16-11(8-13(12(17)18)5-2-6-13)14-9-3-1-4-10(7-9)15(19)20/h1,3-4,7H,2,5-6,8H2,(H,14,16)(H,17,18). The van der Waals surface area contributed by atoms with Crippen molar-refractivity contribution >= 4 is 23.3 Å². The highest BCUT2D eigenvalue weighted by Crippen LogP contribution is 2.44. The van der Waals surface area contributed by atoms with E-state index < -0.39 is 22.2 Å². The van der Waals surface area contributed by atoms with Crippen LogP contribution in [0.5, 0.6) is 0 Å². The summed E-state index contributed by atoms with van der Waals surface area (Å²) in [5.74, 6) is -1.40. The molecule has 0 bridgehead atoms. The van der Waals surface area contributed by atoms with Crippen LogP contribution in [0.15, 0.2) is 24.3 Å². The number of rotatable bonds is 5. The van der Waals surface area contributed by atoms with Crippen molar-refractivity contribution < 1.29 is 19.6 Å². The number of non-ortho nitro benzene ring substituents is 1. The Labute approximate surface area is 114 Å². The molecule has 2 N–H and O–H groups in total. The van der Waals surface area contributed by atoms with Crippen molar-refractivity contribution in [2.24, 2.45) is 5.41 Å². The molecule has 0 aliphatic heterocycles. The van der Waals surface area contributed by atoms with Gasteiger partial charge in [-0.3, -0.25) is 19.7 Å². The van der Waals surface area contributed by atoms with Crippen LogP contribution < -0.4 is 5.32 Å². The number of nitrogens with zero attached hydrogens (tertiary/aromatic N) is 1. The van der Waals surface area contributed by atoms with Crippen LogP contribution in [0.4, 0.5) is 11.4 Å². The van der Waals surface area contributed by atoms with Crippen LogP contribution in [0.2, 0.25) is 0 Å². The maximum Gasteiger partial charge on any atom is 0.310 e. The Morgan fingerprint density at radius 3 is 2.60 bits per heavy atom. The summed E-state index contributed by atoms with van der Waals surface area (Å²) in [6.45, 7) is 0. The number of nitro benzene ring substituents is 1. The highest BCUT2D eigenvalue weighted by molar-refractivity contribution is 5.94. The van der Waals surface area contributed by atoms with Gasteiger partial charge in [-0.05, 0) is 18.9 Å². The Morgan fingerprint density at radius 2 is 2.10 bits per heavy atom. The Bertz CT molecular complexity index is 566. The van der Waals surface area contributed by atoms with Gasteiger partial charge in [0.25, 0.3) is 5.69 Å². The summed E-state index contributed by atoms with van der Waals surface area (Å²) in [6.07, 6.45) is 1.68. The van der Waals surface area contributed by atoms with Crippen molar-refractivity contribution in [3.05, 3.63) is 34.4 Å². The van der Waals surface area contributed by atoms with Crippen LogP contribution in [0.3, 0.4) is 0 Å². The third-order valence-corrected chi connectivity index (χ3v) is 3.60. The quantitative estimate of drug-likeness (QED) is 0.633. The molecule has 1 aliphatic carbocycles. The van der Waals surface area contributed by atoms with E-state index in [1.807, 2.05) is 0 Å². The van der Waals surface area contributed by atoms with Gasteiger partial charge in [-0.25, -0.2) is 0 Å². The Morgan fingerprint density at radius 1 is 1.40 bits per heavy atom. The van der Waals surface area contributed by atoms with Crippen LogP contribution in [-0.2, 0) is 9.59 Å². The molecule has 0 radical (unpaired) electrons. The summed E-state index contributed by atoms with van der Waals surface area (Å²) in [4.78, 5) is 33.1. The van der Waals surface area contributed by atoms with Crippen molar-refractivity contribution in [3.8, 4) is 0 Å².